The van der Waals surface area contributed by atoms with Gasteiger partial charge in [-0.3, -0.25) is 0 Å². The summed E-state index contributed by atoms with van der Waals surface area (Å²) in [5, 5.41) is 11.0. The van der Waals surface area contributed by atoms with E-state index in [2.05, 4.69) is 47.7 Å². The van der Waals surface area contributed by atoms with Crippen molar-refractivity contribution < 1.29 is 4.63 Å². The predicted octanol–water partition coefficient (Wildman–Crippen LogP) is 3.17. The molecule has 5 heteroatoms. The van der Waals surface area contributed by atoms with Crippen LogP contribution in [-0.2, 0) is 0 Å². The SMILES string of the molecule is Cc1cc(C)cc(Nc2ccc(N)c3nonc23)c1. The second-order valence-electron chi connectivity index (χ2n) is 4.67. The molecule has 0 atom stereocenters. The molecular weight excluding hydrogens is 240 g/mol. The maximum atomic E-state index is 5.82. The third-order valence-corrected chi connectivity index (χ3v) is 2.95. The summed E-state index contributed by atoms with van der Waals surface area (Å²) >= 11 is 0. The molecule has 0 bridgehead atoms. The first kappa shape index (κ1) is 11.5. The molecule has 1 aromatic heterocycles. The first-order valence-corrected chi connectivity index (χ1v) is 5.99. The van der Waals surface area contributed by atoms with Gasteiger partial charge in [-0.25, -0.2) is 4.63 Å². The van der Waals surface area contributed by atoms with Gasteiger partial charge >= 0.3 is 0 Å². The van der Waals surface area contributed by atoms with E-state index in [0.717, 1.165) is 11.4 Å². The molecule has 0 fully saturated rings. The van der Waals surface area contributed by atoms with E-state index in [9.17, 15) is 0 Å². The molecule has 0 aliphatic heterocycles. The summed E-state index contributed by atoms with van der Waals surface area (Å²) in [7, 11) is 0. The maximum absolute atomic E-state index is 5.82. The average molecular weight is 254 g/mol. The van der Waals surface area contributed by atoms with Gasteiger partial charge in [0.2, 0.25) is 0 Å². The molecule has 0 amide bonds. The fourth-order valence-corrected chi connectivity index (χ4v) is 2.19. The van der Waals surface area contributed by atoms with Gasteiger partial charge in [-0.2, -0.15) is 0 Å². The number of nitrogens with zero attached hydrogens (tertiary/aromatic N) is 2. The average Bonchev–Trinajstić information content (AvgIpc) is 2.81. The minimum absolute atomic E-state index is 0.558. The molecule has 3 N–H and O–H groups in total. The van der Waals surface area contributed by atoms with Crippen molar-refractivity contribution in [2.24, 2.45) is 0 Å². The minimum atomic E-state index is 0.558. The second kappa shape index (κ2) is 4.28. The summed E-state index contributed by atoms with van der Waals surface area (Å²) in [4.78, 5) is 0. The molecule has 3 rings (SSSR count). The molecule has 0 aliphatic rings. The molecule has 0 spiro atoms. The number of aryl methyl sites for hydroxylation is 2. The number of hydrogen-bond donors (Lipinski definition) is 2. The van der Waals surface area contributed by atoms with Crippen LogP contribution in [0.25, 0.3) is 11.0 Å². The van der Waals surface area contributed by atoms with E-state index in [1.165, 1.54) is 11.1 Å². The van der Waals surface area contributed by atoms with E-state index in [1.54, 1.807) is 6.07 Å². The Kier molecular flexibility index (Phi) is 2.59. The van der Waals surface area contributed by atoms with Crippen LogP contribution in [0.3, 0.4) is 0 Å². The molecule has 2 aromatic carbocycles. The molecule has 0 saturated heterocycles. The quantitative estimate of drug-likeness (QED) is 0.687. The van der Waals surface area contributed by atoms with E-state index in [4.69, 9.17) is 10.4 Å². The van der Waals surface area contributed by atoms with Gasteiger partial charge in [0.1, 0.15) is 0 Å². The number of rotatable bonds is 2. The highest BCUT2D eigenvalue weighted by atomic mass is 16.6. The Labute approximate surface area is 110 Å². The molecule has 5 nitrogen and oxygen atoms in total. The van der Waals surface area contributed by atoms with Crippen LogP contribution in [0.1, 0.15) is 11.1 Å². The zero-order valence-corrected chi connectivity index (χ0v) is 10.8. The summed E-state index contributed by atoms with van der Waals surface area (Å²) in [6.45, 7) is 4.13. The van der Waals surface area contributed by atoms with Crippen LogP contribution < -0.4 is 11.1 Å². The number of nitrogens with one attached hydrogen (secondary N) is 1. The van der Waals surface area contributed by atoms with Crippen molar-refractivity contribution in [2.75, 3.05) is 11.1 Å². The monoisotopic (exact) mass is 254 g/mol. The van der Waals surface area contributed by atoms with Crippen LogP contribution in [0.4, 0.5) is 17.1 Å². The van der Waals surface area contributed by atoms with E-state index in [1.807, 2.05) is 6.07 Å². The Hall–Kier alpha value is -2.56. The van der Waals surface area contributed by atoms with Gasteiger partial charge in [-0.05, 0) is 59.6 Å². The lowest BCUT2D eigenvalue weighted by Gasteiger charge is -2.09. The first-order chi connectivity index (χ1) is 9.13. The summed E-state index contributed by atoms with van der Waals surface area (Å²) in [6, 6.07) is 9.93. The summed E-state index contributed by atoms with van der Waals surface area (Å²) in [5.41, 5.74) is 11.8. The Morgan fingerprint density at radius 1 is 1.00 bits per heavy atom. The number of aromatic nitrogens is 2. The van der Waals surface area contributed by atoms with E-state index in [0.29, 0.717) is 16.7 Å². The number of anilines is 3. The van der Waals surface area contributed by atoms with Crippen molar-refractivity contribution in [3.8, 4) is 0 Å². The van der Waals surface area contributed by atoms with E-state index < -0.39 is 0 Å². The smallest absolute Gasteiger partial charge is 0.160 e. The number of benzene rings is 2. The third-order valence-electron chi connectivity index (χ3n) is 2.95. The molecular formula is C14H14N4O. The van der Waals surface area contributed by atoms with E-state index in [-0.39, 0.29) is 0 Å². The molecule has 0 saturated carbocycles. The van der Waals surface area contributed by atoms with Crippen molar-refractivity contribution in [2.45, 2.75) is 13.8 Å². The lowest BCUT2D eigenvalue weighted by Crippen LogP contribution is -1.95. The van der Waals surface area contributed by atoms with Gasteiger partial charge in [-0.15, -0.1) is 0 Å². The van der Waals surface area contributed by atoms with Crippen molar-refractivity contribution >= 4 is 28.1 Å². The molecule has 3 aromatic rings. The zero-order chi connectivity index (χ0) is 13.4. The fraction of sp³-hybridized carbons (Fsp3) is 0.143. The van der Waals surface area contributed by atoms with Crippen LogP contribution in [0.2, 0.25) is 0 Å². The minimum Gasteiger partial charge on any atom is -0.397 e. The lowest BCUT2D eigenvalue weighted by molar-refractivity contribution is 0.316. The van der Waals surface area contributed by atoms with E-state index >= 15 is 0 Å². The van der Waals surface area contributed by atoms with Crippen LogP contribution in [0, 0.1) is 13.8 Å². The maximum Gasteiger partial charge on any atom is 0.160 e. The third kappa shape index (κ3) is 2.10. The normalized spacial score (nSPS) is 10.8. The van der Waals surface area contributed by atoms with Gasteiger partial charge in [0, 0.05) is 5.69 Å². The van der Waals surface area contributed by atoms with Crippen molar-refractivity contribution in [1.82, 2.24) is 10.3 Å². The van der Waals surface area contributed by atoms with Crippen molar-refractivity contribution in [3.05, 3.63) is 41.5 Å². The summed E-state index contributed by atoms with van der Waals surface area (Å²) in [6.07, 6.45) is 0. The number of nitrogen functional groups attached to an aromatic ring is 1. The van der Waals surface area contributed by atoms with Crippen LogP contribution in [0.15, 0.2) is 35.0 Å². The number of fused-ring (bicyclic) bond motifs is 1. The van der Waals surface area contributed by atoms with Gasteiger partial charge in [0.25, 0.3) is 0 Å². The van der Waals surface area contributed by atoms with Crippen LogP contribution >= 0.6 is 0 Å². The molecule has 19 heavy (non-hydrogen) atoms. The van der Waals surface area contributed by atoms with Crippen molar-refractivity contribution in [3.63, 3.8) is 0 Å². The van der Waals surface area contributed by atoms with Gasteiger partial charge in [0.05, 0.1) is 11.4 Å². The predicted molar refractivity (Wildman–Crippen MR) is 75.4 cm³/mol. The highest BCUT2D eigenvalue weighted by Crippen LogP contribution is 2.28. The highest BCUT2D eigenvalue weighted by molar-refractivity contribution is 5.96. The molecule has 0 aliphatic carbocycles. The molecule has 1 heterocycles. The number of nitrogens with two attached hydrogens (primary N) is 1. The first-order valence-electron chi connectivity index (χ1n) is 5.99. The van der Waals surface area contributed by atoms with Crippen LogP contribution in [0.5, 0.6) is 0 Å². The van der Waals surface area contributed by atoms with Gasteiger partial charge in [0.15, 0.2) is 11.0 Å². The molecule has 0 unspecified atom stereocenters. The highest BCUT2D eigenvalue weighted by Gasteiger charge is 2.10. The Morgan fingerprint density at radius 3 is 2.42 bits per heavy atom. The Morgan fingerprint density at radius 2 is 1.68 bits per heavy atom. The summed E-state index contributed by atoms with van der Waals surface area (Å²) in [5.74, 6) is 0. The standard InChI is InChI=1S/C14H14N4O/c1-8-5-9(2)7-10(6-8)16-12-4-3-11(15)13-14(12)18-19-17-13/h3-7,16H,15H2,1-2H3. The second-order valence-corrected chi connectivity index (χ2v) is 4.67. The Bertz CT molecular complexity index is 728. The lowest BCUT2D eigenvalue weighted by atomic mass is 10.1. The fourth-order valence-electron chi connectivity index (χ4n) is 2.19. The number of hydrogen-bond acceptors (Lipinski definition) is 5. The molecule has 96 valence electrons. The topological polar surface area (TPSA) is 77.0 Å². The Balaban J connectivity index is 2.06. The van der Waals surface area contributed by atoms with Crippen molar-refractivity contribution in [1.29, 1.82) is 0 Å². The van der Waals surface area contributed by atoms with Crippen LogP contribution in [-0.4, -0.2) is 10.3 Å². The largest absolute Gasteiger partial charge is 0.397 e. The van der Waals surface area contributed by atoms with Gasteiger partial charge in [-0.1, -0.05) is 6.07 Å². The zero-order valence-electron chi connectivity index (χ0n) is 10.8. The van der Waals surface area contributed by atoms with Gasteiger partial charge < -0.3 is 11.1 Å². The summed E-state index contributed by atoms with van der Waals surface area (Å²) < 4.78 is 4.75. The molecule has 0 radical (unpaired) electrons.